The second kappa shape index (κ2) is 6.38. The Labute approximate surface area is 133 Å². The van der Waals surface area contributed by atoms with Crippen LogP contribution in [-0.2, 0) is 4.74 Å². The van der Waals surface area contributed by atoms with Gasteiger partial charge in [0.15, 0.2) is 0 Å². The molecule has 2 rings (SSSR count). The molecule has 0 bridgehead atoms. The molecule has 0 saturated carbocycles. The zero-order valence-electron chi connectivity index (χ0n) is 10.0. The van der Waals surface area contributed by atoms with E-state index in [1.165, 1.54) is 7.11 Å². The van der Waals surface area contributed by atoms with Gasteiger partial charge in [-0.05, 0) is 81.0 Å². The highest BCUT2D eigenvalue weighted by molar-refractivity contribution is 14.1. The molecule has 0 amide bonds. The van der Waals surface area contributed by atoms with Gasteiger partial charge in [-0.2, -0.15) is 0 Å². The first kappa shape index (κ1) is 14.3. The summed E-state index contributed by atoms with van der Waals surface area (Å²) in [6.07, 6.45) is 0. The van der Waals surface area contributed by atoms with Crippen LogP contribution in [0.1, 0.15) is 10.4 Å². The Hall–Kier alpha value is -1.08. The fourth-order valence-electron chi connectivity index (χ4n) is 1.46. The molecule has 0 unspecified atom stereocenters. The molecule has 98 valence electrons. The fraction of sp³-hybridized carbons (Fsp3) is 0.0714. The lowest BCUT2D eigenvalue weighted by molar-refractivity contribution is 0.0600. The molecule has 0 aliphatic rings. The molecule has 3 nitrogen and oxygen atoms in total. The van der Waals surface area contributed by atoms with Crippen molar-refractivity contribution in [3.63, 3.8) is 0 Å². The fourth-order valence-corrected chi connectivity index (χ4v) is 2.84. The number of benzene rings is 2. The van der Waals surface area contributed by atoms with Crippen LogP contribution in [0.2, 0.25) is 0 Å². The molecule has 0 aromatic heterocycles. The minimum Gasteiger partial charge on any atom is -0.465 e. The van der Waals surface area contributed by atoms with Crippen LogP contribution in [0.5, 0.6) is 11.5 Å². The Morgan fingerprint density at radius 2 is 1.84 bits per heavy atom. The van der Waals surface area contributed by atoms with Crippen molar-refractivity contribution < 1.29 is 14.3 Å². The molecule has 0 fully saturated rings. The van der Waals surface area contributed by atoms with E-state index in [-0.39, 0.29) is 5.97 Å². The summed E-state index contributed by atoms with van der Waals surface area (Å²) in [5, 5.41) is 0. The Kier molecular flexibility index (Phi) is 4.81. The lowest BCUT2D eigenvalue weighted by Gasteiger charge is -2.08. The molecule has 0 atom stereocenters. The first-order valence-electron chi connectivity index (χ1n) is 5.41. The highest BCUT2D eigenvalue weighted by Crippen LogP contribution is 2.31. The van der Waals surface area contributed by atoms with Gasteiger partial charge in [0.05, 0.1) is 17.1 Å². The molecule has 0 aliphatic carbocycles. The molecule has 0 N–H and O–H groups in total. The van der Waals surface area contributed by atoms with Gasteiger partial charge in [-0.15, -0.1) is 0 Å². The number of ether oxygens (including phenoxy) is 2. The summed E-state index contributed by atoms with van der Waals surface area (Å²) in [4.78, 5) is 11.3. The van der Waals surface area contributed by atoms with E-state index in [1.807, 2.05) is 18.2 Å². The van der Waals surface area contributed by atoms with Crippen LogP contribution >= 0.6 is 38.5 Å². The average molecular weight is 433 g/mol. The minimum absolute atomic E-state index is 0.359. The number of halogens is 2. The number of hydrogen-bond donors (Lipinski definition) is 0. The van der Waals surface area contributed by atoms with Crippen molar-refractivity contribution in [2.24, 2.45) is 0 Å². The summed E-state index contributed by atoms with van der Waals surface area (Å²) in [5.74, 6) is 1.03. The van der Waals surface area contributed by atoms with Crippen molar-refractivity contribution in [3.8, 4) is 11.5 Å². The number of carbonyl (C=O) groups is 1. The zero-order chi connectivity index (χ0) is 13.8. The van der Waals surface area contributed by atoms with Crippen molar-refractivity contribution in [3.05, 3.63) is 56.1 Å². The number of rotatable bonds is 3. The van der Waals surface area contributed by atoms with Gasteiger partial charge in [-0.3, -0.25) is 0 Å². The smallest absolute Gasteiger partial charge is 0.337 e. The van der Waals surface area contributed by atoms with Crippen LogP contribution in [0.3, 0.4) is 0 Å². The largest absolute Gasteiger partial charge is 0.465 e. The molecule has 0 radical (unpaired) electrons. The van der Waals surface area contributed by atoms with Crippen LogP contribution in [0, 0.1) is 3.57 Å². The second-order valence-electron chi connectivity index (χ2n) is 3.69. The predicted molar refractivity (Wildman–Crippen MR) is 84.7 cm³/mol. The van der Waals surface area contributed by atoms with Gasteiger partial charge >= 0.3 is 5.97 Å². The van der Waals surface area contributed by atoms with Gasteiger partial charge in [0.2, 0.25) is 0 Å². The Morgan fingerprint density at radius 3 is 2.42 bits per heavy atom. The SMILES string of the molecule is COC(=O)c1ccc(Oc2ccc(I)cc2Br)cc1. The maximum Gasteiger partial charge on any atom is 0.337 e. The minimum atomic E-state index is -0.359. The molecule has 0 aliphatic heterocycles. The van der Waals surface area contributed by atoms with Crippen molar-refractivity contribution in [1.29, 1.82) is 0 Å². The summed E-state index contributed by atoms with van der Waals surface area (Å²) < 4.78 is 12.4. The quantitative estimate of drug-likeness (QED) is 0.523. The maximum atomic E-state index is 11.3. The van der Waals surface area contributed by atoms with Gasteiger partial charge in [-0.1, -0.05) is 0 Å². The highest BCUT2D eigenvalue weighted by Gasteiger charge is 2.06. The Bertz CT molecular complexity index is 596. The lowest BCUT2D eigenvalue weighted by atomic mass is 10.2. The Balaban J connectivity index is 2.17. The molecule has 2 aromatic rings. The molecule has 2 aromatic carbocycles. The van der Waals surface area contributed by atoms with Gasteiger partial charge < -0.3 is 9.47 Å². The van der Waals surface area contributed by atoms with Gasteiger partial charge in [0, 0.05) is 3.57 Å². The standard InChI is InChI=1S/C14H10BrIO3/c1-18-14(17)9-2-5-11(6-3-9)19-13-7-4-10(16)8-12(13)15/h2-8H,1H3. The van der Waals surface area contributed by atoms with Gasteiger partial charge in [-0.25, -0.2) is 4.79 Å². The summed E-state index contributed by atoms with van der Waals surface area (Å²) in [5.41, 5.74) is 0.497. The molecule has 19 heavy (non-hydrogen) atoms. The molecule has 5 heteroatoms. The van der Waals surface area contributed by atoms with E-state index in [1.54, 1.807) is 24.3 Å². The number of methoxy groups -OCH3 is 1. The van der Waals surface area contributed by atoms with E-state index in [0.717, 1.165) is 13.8 Å². The first-order chi connectivity index (χ1) is 9.10. The second-order valence-corrected chi connectivity index (χ2v) is 5.79. The molecule has 0 spiro atoms. The summed E-state index contributed by atoms with van der Waals surface area (Å²) in [7, 11) is 1.36. The van der Waals surface area contributed by atoms with Crippen molar-refractivity contribution >= 4 is 44.5 Å². The van der Waals surface area contributed by atoms with E-state index in [0.29, 0.717) is 11.3 Å². The Morgan fingerprint density at radius 1 is 1.16 bits per heavy atom. The third-order valence-electron chi connectivity index (χ3n) is 2.40. The topological polar surface area (TPSA) is 35.5 Å². The number of esters is 1. The first-order valence-corrected chi connectivity index (χ1v) is 7.28. The molecule has 0 heterocycles. The third-order valence-corrected chi connectivity index (χ3v) is 3.69. The van der Waals surface area contributed by atoms with Crippen LogP contribution in [-0.4, -0.2) is 13.1 Å². The molecular weight excluding hydrogens is 423 g/mol. The van der Waals surface area contributed by atoms with E-state index in [2.05, 4.69) is 43.3 Å². The van der Waals surface area contributed by atoms with Crippen LogP contribution in [0.15, 0.2) is 46.9 Å². The summed E-state index contributed by atoms with van der Waals surface area (Å²) >= 11 is 5.68. The van der Waals surface area contributed by atoms with Crippen LogP contribution < -0.4 is 4.74 Å². The van der Waals surface area contributed by atoms with Crippen LogP contribution in [0.25, 0.3) is 0 Å². The van der Waals surface area contributed by atoms with Gasteiger partial charge in [0.1, 0.15) is 11.5 Å². The normalized spacial score (nSPS) is 10.1. The highest BCUT2D eigenvalue weighted by atomic mass is 127. The van der Waals surface area contributed by atoms with E-state index in [4.69, 9.17) is 4.74 Å². The molecular formula is C14H10BrIO3. The summed E-state index contributed by atoms with van der Waals surface area (Å²) in [6.45, 7) is 0. The van der Waals surface area contributed by atoms with Crippen molar-refractivity contribution in [2.75, 3.05) is 7.11 Å². The lowest BCUT2D eigenvalue weighted by Crippen LogP contribution is -2.00. The average Bonchev–Trinajstić information content (AvgIpc) is 2.42. The van der Waals surface area contributed by atoms with Crippen LogP contribution in [0.4, 0.5) is 0 Å². The van der Waals surface area contributed by atoms with E-state index < -0.39 is 0 Å². The van der Waals surface area contributed by atoms with E-state index in [9.17, 15) is 4.79 Å². The maximum absolute atomic E-state index is 11.3. The van der Waals surface area contributed by atoms with E-state index >= 15 is 0 Å². The van der Waals surface area contributed by atoms with Crippen molar-refractivity contribution in [2.45, 2.75) is 0 Å². The molecule has 0 saturated heterocycles. The monoisotopic (exact) mass is 432 g/mol. The number of carbonyl (C=O) groups excluding carboxylic acids is 1. The van der Waals surface area contributed by atoms with Crippen molar-refractivity contribution in [1.82, 2.24) is 0 Å². The summed E-state index contributed by atoms with van der Waals surface area (Å²) in [6, 6.07) is 12.6. The van der Waals surface area contributed by atoms with Gasteiger partial charge in [0.25, 0.3) is 0 Å². The predicted octanol–water partition coefficient (Wildman–Crippen LogP) is 4.63. The number of hydrogen-bond acceptors (Lipinski definition) is 3. The third kappa shape index (κ3) is 3.70. The zero-order valence-corrected chi connectivity index (χ0v) is 13.8.